The van der Waals surface area contributed by atoms with E-state index in [0.29, 0.717) is 18.7 Å². The first kappa shape index (κ1) is 31.0. The smallest absolute Gasteiger partial charge is 0.165 e. The van der Waals surface area contributed by atoms with Crippen molar-refractivity contribution in [3.05, 3.63) is 65.7 Å². The Morgan fingerprint density at radius 2 is 1.45 bits per heavy atom. The van der Waals surface area contributed by atoms with Gasteiger partial charge in [-0.3, -0.25) is 4.90 Å². The molecule has 5 nitrogen and oxygen atoms in total. The normalized spacial score (nSPS) is 22.9. The fourth-order valence-electron chi connectivity index (χ4n) is 6.42. The molecule has 0 bridgehead atoms. The highest BCUT2D eigenvalue weighted by atomic mass is 16.7. The zero-order valence-corrected chi connectivity index (χ0v) is 25.3. The van der Waals surface area contributed by atoms with E-state index in [4.69, 9.17) is 18.9 Å². The van der Waals surface area contributed by atoms with Crippen LogP contribution in [0.5, 0.6) is 5.75 Å². The number of piperidine rings is 1. The van der Waals surface area contributed by atoms with Crippen LogP contribution >= 0.6 is 0 Å². The van der Waals surface area contributed by atoms with Crippen molar-refractivity contribution in [1.29, 1.82) is 0 Å². The van der Waals surface area contributed by atoms with E-state index in [2.05, 4.69) is 73.3 Å². The van der Waals surface area contributed by atoms with Crippen molar-refractivity contribution >= 4 is 0 Å². The molecule has 2 aromatic rings. The average Bonchev–Trinajstić information content (AvgIpc) is 3.42. The standard InChI is InChI=1S/C35H53NO4/c1-29-34(38-28-31-15-11-10-12-16-31)23-20-32(36(29)27-30-18-21-33(37-3)22-19-30)17-13-8-6-4-5-7-9-14-24-35(2)39-25-26-40-35/h10-12,15-16,18-19,21-22,29,32,34H,4-9,13-14,17,20,23-28H2,1-3H3/t29-,32+,34-/m1/s1. The summed E-state index contributed by atoms with van der Waals surface area (Å²) in [6.45, 7) is 7.62. The summed E-state index contributed by atoms with van der Waals surface area (Å²) in [4.78, 5) is 2.72. The van der Waals surface area contributed by atoms with Crippen molar-refractivity contribution in [2.75, 3.05) is 20.3 Å². The van der Waals surface area contributed by atoms with Crippen LogP contribution in [0.2, 0.25) is 0 Å². The van der Waals surface area contributed by atoms with Crippen molar-refractivity contribution in [3.63, 3.8) is 0 Å². The first-order valence-electron chi connectivity index (χ1n) is 15.9. The minimum atomic E-state index is -0.314. The topological polar surface area (TPSA) is 40.2 Å². The maximum absolute atomic E-state index is 6.49. The predicted molar refractivity (Wildman–Crippen MR) is 163 cm³/mol. The molecule has 0 aromatic heterocycles. The van der Waals surface area contributed by atoms with Gasteiger partial charge in [-0.15, -0.1) is 0 Å². The van der Waals surface area contributed by atoms with Crippen LogP contribution in [0.15, 0.2) is 54.6 Å². The van der Waals surface area contributed by atoms with Gasteiger partial charge in [-0.25, -0.2) is 0 Å². The number of rotatable bonds is 17. The molecular weight excluding hydrogens is 498 g/mol. The molecule has 2 fully saturated rings. The van der Waals surface area contributed by atoms with E-state index in [1.54, 1.807) is 7.11 Å². The monoisotopic (exact) mass is 551 g/mol. The van der Waals surface area contributed by atoms with Crippen LogP contribution in [0.25, 0.3) is 0 Å². The van der Waals surface area contributed by atoms with E-state index < -0.39 is 0 Å². The molecule has 0 radical (unpaired) electrons. The average molecular weight is 552 g/mol. The lowest BCUT2D eigenvalue weighted by atomic mass is 9.89. The number of nitrogens with zero attached hydrogens (tertiary/aromatic N) is 1. The summed E-state index contributed by atoms with van der Waals surface area (Å²) in [6.07, 6.45) is 15.5. The van der Waals surface area contributed by atoms with E-state index in [1.807, 2.05) is 0 Å². The van der Waals surface area contributed by atoms with E-state index in [1.165, 1.54) is 75.3 Å². The first-order valence-corrected chi connectivity index (χ1v) is 15.9. The highest BCUT2D eigenvalue weighted by Gasteiger charge is 2.35. The molecule has 3 atom stereocenters. The highest BCUT2D eigenvalue weighted by Crippen LogP contribution is 2.31. The van der Waals surface area contributed by atoms with Crippen LogP contribution in [0.4, 0.5) is 0 Å². The second-order valence-electron chi connectivity index (χ2n) is 12.0. The Hall–Kier alpha value is -1.92. The lowest BCUT2D eigenvalue weighted by molar-refractivity contribution is -0.147. The van der Waals surface area contributed by atoms with Gasteiger partial charge < -0.3 is 18.9 Å². The molecule has 0 spiro atoms. The number of hydrogen-bond donors (Lipinski definition) is 0. The van der Waals surface area contributed by atoms with Gasteiger partial charge in [-0.2, -0.15) is 0 Å². The Labute approximate surface area is 243 Å². The predicted octanol–water partition coefficient (Wildman–Crippen LogP) is 8.30. The molecule has 0 saturated carbocycles. The molecule has 4 rings (SSSR count). The zero-order chi connectivity index (χ0) is 28.0. The van der Waals surface area contributed by atoms with Crippen molar-refractivity contribution in [2.24, 2.45) is 0 Å². The molecule has 2 heterocycles. The summed E-state index contributed by atoms with van der Waals surface area (Å²) >= 11 is 0. The number of ether oxygens (including phenoxy) is 4. The number of unbranched alkanes of at least 4 members (excludes halogenated alkanes) is 7. The quantitative estimate of drug-likeness (QED) is 0.185. The molecule has 222 valence electrons. The van der Waals surface area contributed by atoms with Gasteiger partial charge in [0.15, 0.2) is 5.79 Å². The Balaban J connectivity index is 1.18. The molecule has 5 heteroatoms. The van der Waals surface area contributed by atoms with Gasteiger partial charge in [-0.05, 0) is 62.8 Å². The van der Waals surface area contributed by atoms with Crippen molar-refractivity contribution in [3.8, 4) is 5.75 Å². The van der Waals surface area contributed by atoms with Crippen LogP contribution in [0.1, 0.15) is 102 Å². The maximum atomic E-state index is 6.49. The molecule has 2 aromatic carbocycles. The molecule has 2 aliphatic heterocycles. The van der Waals surface area contributed by atoms with Crippen molar-refractivity contribution in [1.82, 2.24) is 4.90 Å². The molecule has 2 aliphatic rings. The van der Waals surface area contributed by atoms with Crippen LogP contribution in [-0.2, 0) is 27.4 Å². The Morgan fingerprint density at radius 1 is 0.800 bits per heavy atom. The second-order valence-corrected chi connectivity index (χ2v) is 12.0. The number of hydrogen-bond acceptors (Lipinski definition) is 5. The summed E-state index contributed by atoms with van der Waals surface area (Å²) in [5, 5.41) is 0. The van der Waals surface area contributed by atoms with E-state index in [9.17, 15) is 0 Å². The fraction of sp³-hybridized carbons (Fsp3) is 0.657. The number of benzene rings is 2. The third-order valence-corrected chi connectivity index (χ3v) is 8.96. The van der Waals surface area contributed by atoms with Crippen LogP contribution < -0.4 is 4.74 Å². The van der Waals surface area contributed by atoms with Gasteiger partial charge in [0, 0.05) is 25.0 Å². The van der Waals surface area contributed by atoms with Gasteiger partial charge in [0.05, 0.1) is 33.0 Å². The SMILES string of the molecule is COc1ccc(CN2[C@@H](CCCCCCCCCCC3(C)OCCO3)CC[C@@H](OCc3ccccc3)[C@H]2C)cc1. The van der Waals surface area contributed by atoms with Gasteiger partial charge in [0.2, 0.25) is 0 Å². The van der Waals surface area contributed by atoms with Gasteiger partial charge >= 0.3 is 0 Å². The Morgan fingerprint density at radius 3 is 2.12 bits per heavy atom. The van der Waals surface area contributed by atoms with E-state index >= 15 is 0 Å². The summed E-state index contributed by atoms with van der Waals surface area (Å²) in [7, 11) is 1.73. The summed E-state index contributed by atoms with van der Waals surface area (Å²) in [5.41, 5.74) is 2.60. The maximum Gasteiger partial charge on any atom is 0.165 e. The molecule has 0 aliphatic carbocycles. The molecule has 0 unspecified atom stereocenters. The molecule has 40 heavy (non-hydrogen) atoms. The molecule has 0 N–H and O–H groups in total. The lowest BCUT2D eigenvalue weighted by Gasteiger charge is -2.45. The molecular formula is C35H53NO4. The molecule has 2 saturated heterocycles. The summed E-state index contributed by atoms with van der Waals surface area (Å²) < 4.78 is 23.3. The van der Waals surface area contributed by atoms with Crippen molar-refractivity contribution < 1.29 is 18.9 Å². The Bertz CT molecular complexity index is 944. The highest BCUT2D eigenvalue weighted by molar-refractivity contribution is 5.27. The molecule has 0 amide bonds. The second kappa shape index (κ2) is 16.5. The zero-order valence-electron chi connectivity index (χ0n) is 25.3. The third kappa shape index (κ3) is 9.87. The van der Waals surface area contributed by atoms with E-state index in [0.717, 1.165) is 38.3 Å². The van der Waals surface area contributed by atoms with Crippen molar-refractivity contribution in [2.45, 2.75) is 128 Å². The van der Waals surface area contributed by atoms with Gasteiger partial charge in [-0.1, -0.05) is 87.4 Å². The Kier molecular flexibility index (Phi) is 12.8. The fourth-order valence-corrected chi connectivity index (χ4v) is 6.42. The number of likely N-dealkylation sites (tertiary alicyclic amines) is 1. The minimum absolute atomic E-state index is 0.268. The van der Waals surface area contributed by atoms with E-state index in [-0.39, 0.29) is 11.9 Å². The van der Waals surface area contributed by atoms with Crippen LogP contribution in [-0.4, -0.2) is 49.2 Å². The first-order chi connectivity index (χ1) is 19.6. The van der Waals surface area contributed by atoms with Crippen LogP contribution in [0.3, 0.4) is 0 Å². The lowest BCUT2D eigenvalue weighted by Crippen LogP contribution is -2.52. The van der Waals surface area contributed by atoms with Gasteiger partial charge in [0.1, 0.15) is 5.75 Å². The van der Waals surface area contributed by atoms with Crippen LogP contribution in [0, 0.1) is 0 Å². The summed E-state index contributed by atoms with van der Waals surface area (Å²) in [5.74, 6) is 0.605. The minimum Gasteiger partial charge on any atom is -0.497 e. The summed E-state index contributed by atoms with van der Waals surface area (Å²) in [6, 6.07) is 20.2. The van der Waals surface area contributed by atoms with Gasteiger partial charge in [0.25, 0.3) is 0 Å². The number of methoxy groups -OCH3 is 1. The largest absolute Gasteiger partial charge is 0.497 e. The third-order valence-electron chi connectivity index (χ3n) is 8.96.